The van der Waals surface area contributed by atoms with Crippen molar-refractivity contribution in [3.05, 3.63) is 0 Å². The standard InChI is InChI=1S/C6H8F2/c1-3-6(8)4-5(2)7/h1,5-6H,4H2,2H3. The van der Waals surface area contributed by atoms with Gasteiger partial charge in [-0.1, -0.05) is 5.92 Å². The highest BCUT2D eigenvalue weighted by atomic mass is 19.1. The van der Waals surface area contributed by atoms with Gasteiger partial charge in [0.15, 0.2) is 6.17 Å². The molecule has 0 bridgehead atoms. The van der Waals surface area contributed by atoms with Crippen LogP contribution in [0.15, 0.2) is 0 Å². The predicted octanol–water partition coefficient (Wildman–Crippen LogP) is 1.71. The summed E-state index contributed by atoms with van der Waals surface area (Å²) in [4.78, 5) is 0. The highest BCUT2D eigenvalue weighted by molar-refractivity contribution is 4.94. The van der Waals surface area contributed by atoms with Gasteiger partial charge in [0.1, 0.15) is 6.17 Å². The van der Waals surface area contributed by atoms with Crippen molar-refractivity contribution >= 4 is 0 Å². The maximum absolute atomic E-state index is 11.9. The zero-order valence-corrected chi connectivity index (χ0v) is 4.70. The summed E-state index contributed by atoms with van der Waals surface area (Å²) in [5.74, 6) is 1.79. The highest BCUT2D eigenvalue weighted by Gasteiger charge is 2.05. The molecular formula is C6H8F2. The van der Waals surface area contributed by atoms with Crippen LogP contribution in [0.2, 0.25) is 0 Å². The van der Waals surface area contributed by atoms with Crippen molar-refractivity contribution in [2.24, 2.45) is 0 Å². The summed E-state index contributed by atoms with van der Waals surface area (Å²) in [6.45, 7) is 1.28. The van der Waals surface area contributed by atoms with Gasteiger partial charge in [-0.3, -0.25) is 0 Å². The predicted molar refractivity (Wildman–Crippen MR) is 28.9 cm³/mol. The summed E-state index contributed by atoms with van der Waals surface area (Å²) in [6, 6.07) is 0. The van der Waals surface area contributed by atoms with Gasteiger partial charge in [-0.15, -0.1) is 6.42 Å². The Balaban J connectivity index is 3.28. The Morgan fingerprint density at radius 2 is 2.12 bits per heavy atom. The summed E-state index contributed by atoms with van der Waals surface area (Å²) >= 11 is 0. The first-order chi connectivity index (χ1) is 3.66. The molecule has 46 valence electrons. The lowest BCUT2D eigenvalue weighted by Gasteiger charge is -1.98. The smallest absolute Gasteiger partial charge is 0.163 e. The topological polar surface area (TPSA) is 0 Å². The fourth-order valence-corrected chi connectivity index (χ4v) is 0.353. The summed E-state index contributed by atoms with van der Waals surface area (Å²) < 4.78 is 23.7. The van der Waals surface area contributed by atoms with Gasteiger partial charge in [-0.2, -0.15) is 0 Å². The third-order valence-electron chi connectivity index (χ3n) is 0.713. The quantitative estimate of drug-likeness (QED) is 0.484. The van der Waals surface area contributed by atoms with Gasteiger partial charge in [0.05, 0.1) is 0 Å². The maximum Gasteiger partial charge on any atom is 0.163 e. The number of hydrogen-bond acceptors (Lipinski definition) is 0. The van der Waals surface area contributed by atoms with Crippen LogP contribution < -0.4 is 0 Å². The van der Waals surface area contributed by atoms with Crippen LogP contribution in [0.1, 0.15) is 13.3 Å². The number of halogens is 2. The molecule has 0 N–H and O–H groups in total. The second-order valence-corrected chi connectivity index (χ2v) is 1.65. The van der Waals surface area contributed by atoms with Crippen LogP contribution in [-0.4, -0.2) is 12.3 Å². The van der Waals surface area contributed by atoms with E-state index in [1.165, 1.54) is 6.92 Å². The molecule has 0 nitrogen and oxygen atoms in total. The lowest BCUT2D eigenvalue weighted by molar-refractivity contribution is 0.271. The van der Waals surface area contributed by atoms with E-state index >= 15 is 0 Å². The van der Waals surface area contributed by atoms with E-state index in [0.717, 1.165) is 0 Å². The molecule has 0 amide bonds. The molecule has 0 aromatic heterocycles. The molecule has 0 saturated heterocycles. The molecule has 0 spiro atoms. The lowest BCUT2D eigenvalue weighted by Crippen LogP contribution is -2.03. The monoisotopic (exact) mass is 118 g/mol. The van der Waals surface area contributed by atoms with Crippen molar-refractivity contribution in [3.63, 3.8) is 0 Å². The first-order valence-electron chi connectivity index (χ1n) is 2.41. The summed E-state index contributed by atoms with van der Waals surface area (Å²) in [6.07, 6.45) is 1.89. The number of rotatable bonds is 2. The second kappa shape index (κ2) is 3.43. The van der Waals surface area contributed by atoms with Gasteiger partial charge in [-0.25, -0.2) is 8.78 Å². The van der Waals surface area contributed by atoms with Crippen molar-refractivity contribution < 1.29 is 8.78 Å². The summed E-state index contributed by atoms with van der Waals surface area (Å²) in [7, 11) is 0. The minimum Gasteiger partial charge on any atom is -0.248 e. The largest absolute Gasteiger partial charge is 0.248 e. The van der Waals surface area contributed by atoms with Crippen LogP contribution in [0.5, 0.6) is 0 Å². The Morgan fingerprint density at radius 3 is 2.25 bits per heavy atom. The molecular weight excluding hydrogens is 110 g/mol. The average Bonchev–Trinajstić information content (AvgIpc) is 1.65. The van der Waals surface area contributed by atoms with Crippen LogP contribution >= 0.6 is 0 Å². The summed E-state index contributed by atoms with van der Waals surface area (Å²) in [5, 5.41) is 0. The van der Waals surface area contributed by atoms with Crippen molar-refractivity contribution in [1.29, 1.82) is 0 Å². The molecule has 0 radical (unpaired) electrons. The molecule has 0 aromatic carbocycles. The van der Waals surface area contributed by atoms with E-state index in [9.17, 15) is 8.78 Å². The third-order valence-corrected chi connectivity index (χ3v) is 0.713. The highest BCUT2D eigenvalue weighted by Crippen LogP contribution is 2.02. The van der Waals surface area contributed by atoms with Crippen LogP contribution in [0.4, 0.5) is 8.78 Å². The molecule has 2 heteroatoms. The van der Waals surface area contributed by atoms with Crippen LogP contribution in [-0.2, 0) is 0 Å². The third kappa shape index (κ3) is 3.60. The molecule has 0 aliphatic heterocycles. The van der Waals surface area contributed by atoms with Crippen molar-refractivity contribution in [1.82, 2.24) is 0 Å². The molecule has 0 rings (SSSR count). The Kier molecular flexibility index (Phi) is 3.18. The molecule has 0 saturated carbocycles. The van der Waals surface area contributed by atoms with Crippen molar-refractivity contribution in [2.45, 2.75) is 25.7 Å². The van der Waals surface area contributed by atoms with E-state index in [4.69, 9.17) is 0 Å². The van der Waals surface area contributed by atoms with Gasteiger partial charge in [0.2, 0.25) is 0 Å². The first kappa shape index (κ1) is 7.42. The maximum atomic E-state index is 11.9. The van der Waals surface area contributed by atoms with Crippen LogP contribution in [0, 0.1) is 12.3 Å². The van der Waals surface area contributed by atoms with Crippen LogP contribution in [0.25, 0.3) is 0 Å². The van der Waals surface area contributed by atoms with E-state index in [2.05, 4.69) is 6.42 Å². The van der Waals surface area contributed by atoms with Gasteiger partial charge >= 0.3 is 0 Å². The molecule has 0 aliphatic carbocycles. The van der Waals surface area contributed by atoms with E-state index in [-0.39, 0.29) is 6.42 Å². The van der Waals surface area contributed by atoms with E-state index < -0.39 is 12.3 Å². The Morgan fingerprint density at radius 1 is 1.62 bits per heavy atom. The summed E-state index contributed by atoms with van der Waals surface area (Å²) in [5.41, 5.74) is 0. The van der Waals surface area contributed by atoms with Gasteiger partial charge in [-0.05, 0) is 6.92 Å². The molecule has 2 unspecified atom stereocenters. The Labute approximate surface area is 47.9 Å². The molecule has 0 aliphatic rings. The van der Waals surface area contributed by atoms with Crippen LogP contribution in [0.3, 0.4) is 0 Å². The van der Waals surface area contributed by atoms with E-state index in [1.54, 1.807) is 5.92 Å². The first-order valence-corrected chi connectivity index (χ1v) is 2.41. The van der Waals surface area contributed by atoms with E-state index in [1.807, 2.05) is 0 Å². The minimum absolute atomic E-state index is 0.184. The SMILES string of the molecule is C#CC(F)CC(C)F. The molecule has 8 heavy (non-hydrogen) atoms. The molecule has 0 fully saturated rings. The Bertz CT molecular complexity index is 91.2. The van der Waals surface area contributed by atoms with Gasteiger partial charge in [0.25, 0.3) is 0 Å². The van der Waals surface area contributed by atoms with Gasteiger partial charge < -0.3 is 0 Å². The normalized spacial score (nSPS) is 16.8. The molecule has 0 heterocycles. The second-order valence-electron chi connectivity index (χ2n) is 1.65. The lowest BCUT2D eigenvalue weighted by atomic mass is 10.2. The van der Waals surface area contributed by atoms with Crippen molar-refractivity contribution in [2.75, 3.05) is 0 Å². The van der Waals surface area contributed by atoms with Crippen molar-refractivity contribution in [3.8, 4) is 12.3 Å². The average molecular weight is 118 g/mol. The van der Waals surface area contributed by atoms with E-state index in [0.29, 0.717) is 0 Å². The Hall–Kier alpha value is -0.580. The minimum atomic E-state index is -1.42. The van der Waals surface area contributed by atoms with Gasteiger partial charge in [0, 0.05) is 6.42 Å². The number of hydrogen-bond donors (Lipinski definition) is 0. The number of alkyl halides is 2. The zero-order chi connectivity index (χ0) is 6.57. The molecule has 0 aromatic rings. The fraction of sp³-hybridized carbons (Fsp3) is 0.667. The number of terminal acetylenes is 1. The fourth-order valence-electron chi connectivity index (χ4n) is 0.353. The molecule has 2 atom stereocenters. The zero-order valence-electron chi connectivity index (χ0n) is 4.70.